The summed E-state index contributed by atoms with van der Waals surface area (Å²) in [5, 5.41) is 13.5. The van der Waals surface area contributed by atoms with E-state index in [1.165, 1.54) is 19.1 Å². The van der Waals surface area contributed by atoms with E-state index in [1.54, 1.807) is 18.2 Å². The van der Waals surface area contributed by atoms with Crippen LogP contribution in [0.15, 0.2) is 47.1 Å². The zero-order chi connectivity index (χ0) is 33.4. The monoisotopic (exact) mass is 696 g/mol. The number of furan rings is 1. The molecule has 3 heterocycles. The molecule has 0 unspecified atom stereocenters. The maximum Gasteiger partial charge on any atom is 0.306 e. The molecule has 2 amide bonds. The Labute approximate surface area is 290 Å². The van der Waals surface area contributed by atoms with E-state index in [9.17, 15) is 19.5 Å². The lowest BCUT2D eigenvalue weighted by molar-refractivity contribution is -0.144. The lowest BCUT2D eigenvalue weighted by atomic mass is 9.87. The molecule has 4 aliphatic rings. The Hall–Kier alpha value is -3.15. The number of hydrogen-bond donors (Lipinski definition) is 2. The molecule has 10 nitrogen and oxygen atoms in total. The van der Waals surface area contributed by atoms with E-state index in [0.29, 0.717) is 58.8 Å². The zero-order valence-corrected chi connectivity index (χ0v) is 28.4. The zero-order valence-electron chi connectivity index (χ0n) is 26.9. The van der Waals surface area contributed by atoms with Gasteiger partial charge in [0.05, 0.1) is 47.4 Å². The number of aliphatic carboxylic acids is 1. The fraction of sp³-hybridized carbons (Fsp3) is 0.528. The minimum absolute atomic E-state index is 0.00901. The number of carbonyl (C=O) groups excluding carboxylic acids is 2. The van der Waals surface area contributed by atoms with Gasteiger partial charge in [0.25, 0.3) is 5.91 Å². The molecule has 2 aliphatic heterocycles. The number of nitrogens with one attached hydrogen (secondary N) is 1. The van der Waals surface area contributed by atoms with Crippen molar-refractivity contribution >= 4 is 57.6 Å². The van der Waals surface area contributed by atoms with E-state index < -0.39 is 5.97 Å². The molecular weight excluding hydrogens is 655 g/mol. The molecule has 1 aromatic heterocycles. The lowest BCUT2D eigenvalue weighted by Gasteiger charge is -2.38. The molecule has 2 N–H and O–H groups in total. The Morgan fingerprint density at radius 1 is 0.917 bits per heavy atom. The predicted octanol–water partition coefficient (Wildman–Crippen LogP) is 5.94. The normalized spacial score (nSPS) is 25.4. The van der Waals surface area contributed by atoms with Gasteiger partial charge in [0.15, 0.2) is 0 Å². The molecule has 7 rings (SSSR count). The van der Waals surface area contributed by atoms with Gasteiger partial charge in [-0.1, -0.05) is 41.4 Å². The maximum atomic E-state index is 14.0. The number of carbonyl (C=O) groups is 3. The number of piperazine rings is 1. The van der Waals surface area contributed by atoms with Crippen molar-refractivity contribution in [3.63, 3.8) is 0 Å². The number of halogens is 2. The number of hydrogen-bond acceptors (Lipinski definition) is 7. The van der Waals surface area contributed by atoms with Gasteiger partial charge in [-0.3, -0.25) is 24.2 Å². The number of benzene rings is 2. The standard InChI is InChI=1S/C36H42Cl2N4O6/c37-30-18-32(39-35(44)29-21-48-33-4-2-1-3-28(29)33)31(38)15-23(30)16-34(43)42-19-25(41-13-11-40(12-14-41)24-7-8-24)17-26(42)20-47-27-9-5-22(6-10-27)36(45)46/h1-4,15,18,21-22,24-27H,5-14,16-17,19-20H2,(H,39,44)(H,45,46)/t22-,25-,26-,27-/m0/s1. The molecule has 4 fully saturated rings. The number of likely N-dealkylation sites (tertiary alicyclic amines) is 1. The molecular formula is C36H42Cl2N4O6. The number of fused-ring (bicyclic) bond motifs is 1. The molecule has 2 aromatic carbocycles. The molecule has 0 spiro atoms. The Morgan fingerprint density at radius 2 is 1.62 bits per heavy atom. The average Bonchev–Trinajstić information content (AvgIpc) is 3.70. The highest BCUT2D eigenvalue weighted by Crippen LogP contribution is 2.34. The van der Waals surface area contributed by atoms with Crippen molar-refractivity contribution in [1.82, 2.24) is 14.7 Å². The van der Waals surface area contributed by atoms with Crippen LogP contribution < -0.4 is 5.32 Å². The van der Waals surface area contributed by atoms with Crippen LogP contribution in [0.4, 0.5) is 5.69 Å². The van der Waals surface area contributed by atoms with Gasteiger partial charge in [-0.15, -0.1) is 0 Å². The highest BCUT2D eigenvalue weighted by Gasteiger charge is 2.41. The van der Waals surface area contributed by atoms with Crippen molar-refractivity contribution in [2.45, 2.75) is 75.6 Å². The molecule has 3 aromatic rings. The second-order valence-electron chi connectivity index (χ2n) is 13.7. The Balaban J connectivity index is 1.01. The molecule has 256 valence electrons. The van der Waals surface area contributed by atoms with Crippen LogP contribution in [0.25, 0.3) is 11.0 Å². The molecule has 2 atom stereocenters. The Kier molecular flexibility index (Phi) is 9.99. The summed E-state index contributed by atoms with van der Waals surface area (Å²) in [5.41, 5.74) is 1.94. The third-order valence-electron chi connectivity index (χ3n) is 10.6. The third kappa shape index (κ3) is 7.38. The van der Waals surface area contributed by atoms with Gasteiger partial charge in [-0.2, -0.15) is 0 Å². The number of carboxylic acids is 1. The number of rotatable bonds is 10. The summed E-state index contributed by atoms with van der Waals surface area (Å²) in [6.45, 7) is 5.18. The summed E-state index contributed by atoms with van der Waals surface area (Å²) in [6, 6.07) is 11.5. The smallest absolute Gasteiger partial charge is 0.306 e. The first-order valence-corrected chi connectivity index (χ1v) is 17.9. The van der Waals surface area contributed by atoms with Crippen LogP contribution in [0, 0.1) is 5.92 Å². The van der Waals surface area contributed by atoms with Crippen molar-refractivity contribution in [1.29, 1.82) is 0 Å². The number of nitrogens with zero attached hydrogens (tertiary/aromatic N) is 3. The lowest BCUT2D eigenvalue weighted by Crippen LogP contribution is -2.51. The van der Waals surface area contributed by atoms with Gasteiger partial charge in [0, 0.05) is 55.2 Å². The first-order chi connectivity index (χ1) is 23.2. The number of para-hydroxylation sites is 1. The average molecular weight is 698 g/mol. The minimum Gasteiger partial charge on any atom is -0.481 e. The molecule has 2 saturated carbocycles. The first kappa shape index (κ1) is 33.4. The van der Waals surface area contributed by atoms with E-state index in [4.69, 9.17) is 32.4 Å². The van der Waals surface area contributed by atoms with Crippen LogP contribution in [0.5, 0.6) is 0 Å². The number of amides is 2. The van der Waals surface area contributed by atoms with E-state index >= 15 is 0 Å². The summed E-state index contributed by atoms with van der Waals surface area (Å²) in [7, 11) is 0. The first-order valence-electron chi connectivity index (χ1n) is 17.1. The quantitative estimate of drug-likeness (QED) is 0.268. The van der Waals surface area contributed by atoms with Crippen LogP contribution in [0.2, 0.25) is 10.0 Å². The number of ether oxygens (including phenoxy) is 1. The minimum atomic E-state index is -0.730. The third-order valence-corrected chi connectivity index (χ3v) is 11.3. The largest absolute Gasteiger partial charge is 0.481 e. The fourth-order valence-electron chi connectivity index (χ4n) is 7.68. The summed E-state index contributed by atoms with van der Waals surface area (Å²) >= 11 is 13.3. The van der Waals surface area contributed by atoms with E-state index in [2.05, 4.69) is 15.1 Å². The van der Waals surface area contributed by atoms with E-state index in [-0.39, 0.29) is 47.4 Å². The molecule has 0 radical (unpaired) electrons. The number of carboxylic acid groups (broad SMARTS) is 1. The van der Waals surface area contributed by atoms with Crippen molar-refractivity contribution < 1.29 is 28.6 Å². The summed E-state index contributed by atoms with van der Waals surface area (Å²) < 4.78 is 11.9. The molecule has 2 aliphatic carbocycles. The second kappa shape index (κ2) is 14.4. The van der Waals surface area contributed by atoms with Crippen LogP contribution in [-0.4, -0.2) is 101 Å². The second-order valence-corrected chi connectivity index (χ2v) is 14.6. The van der Waals surface area contributed by atoms with Crippen molar-refractivity contribution in [3.8, 4) is 0 Å². The van der Waals surface area contributed by atoms with Gasteiger partial charge in [0.2, 0.25) is 5.91 Å². The van der Waals surface area contributed by atoms with E-state index in [1.807, 2.05) is 23.1 Å². The van der Waals surface area contributed by atoms with Crippen LogP contribution >= 0.6 is 23.2 Å². The summed E-state index contributed by atoms with van der Waals surface area (Å²) in [4.78, 5) is 45.5. The molecule has 48 heavy (non-hydrogen) atoms. The van der Waals surface area contributed by atoms with Crippen LogP contribution in [0.1, 0.15) is 60.9 Å². The Bertz CT molecular complexity index is 1660. The van der Waals surface area contributed by atoms with Gasteiger partial charge in [-0.25, -0.2) is 0 Å². The number of anilines is 1. The van der Waals surface area contributed by atoms with Crippen LogP contribution in [0.3, 0.4) is 0 Å². The van der Waals surface area contributed by atoms with Gasteiger partial charge in [-0.05, 0) is 68.7 Å². The molecule has 12 heteroatoms. The van der Waals surface area contributed by atoms with Gasteiger partial charge >= 0.3 is 5.97 Å². The molecule has 2 saturated heterocycles. The van der Waals surface area contributed by atoms with E-state index in [0.717, 1.165) is 51.5 Å². The van der Waals surface area contributed by atoms with Gasteiger partial charge < -0.3 is 24.5 Å². The fourth-order valence-corrected chi connectivity index (χ4v) is 8.14. The van der Waals surface area contributed by atoms with Crippen molar-refractivity contribution in [3.05, 3.63) is 63.8 Å². The van der Waals surface area contributed by atoms with Crippen LogP contribution in [-0.2, 0) is 20.7 Å². The molecule has 0 bridgehead atoms. The van der Waals surface area contributed by atoms with Crippen molar-refractivity contribution in [2.24, 2.45) is 5.92 Å². The highest BCUT2D eigenvalue weighted by atomic mass is 35.5. The van der Waals surface area contributed by atoms with Crippen molar-refractivity contribution in [2.75, 3.05) is 44.6 Å². The SMILES string of the molecule is O=C(Nc1cc(Cl)c(CC(=O)N2C[C@@H](N3CCN(C4CC4)CC3)C[C@H]2CO[C@H]2CC[C@H](C(=O)O)CC2)cc1Cl)c1coc2ccccc12. The summed E-state index contributed by atoms with van der Waals surface area (Å²) in [6.07, 6.45) is 7.63. The van der Waals surface area contributed by atoms with Gasteiger partial charge in [0.1, 0.15) is 11.8 Å². The topological polar surface area (TPSA) is 116 Å². The predicted molar refractivity (Wildman–Crippen MR) is 184 cm³/mol. The Morgan fingerprint density at radius 3 is 2.33 bits per heavy atom. The highest BCUT2D eigenvalue weighted by molar-refractivity contribution is 6.36. The summed E-state index contributed by atoms with van der Waals surface area (Å²) in [5.74, 6) is -1.44. The maximum absolute atomic E-state index is 14.0.